The summed E-state index contributed by atoms with van der Waals surface area (Å²) >= 11 is 0. The van der Waals surface area contributed by atoms with Crippen molar-refractivity contribution in [3.8, 4) is 11.5 Å². The SMILES string of the molecule is CC(=O)Oc1cccc2[nH]cc(CCN(C(C)C)C(C)C)c12.CCN(CC)CCc1c[nH]c2cccc(OC(C)=O)c12. The number of aromatic amines is 2. The first kappa shape index (κ1) is 32.9. The van der Waals surface area contributed by atoms with E-state index in [9.17, 15) is 9.59 Å². The predicted octanol–water partition coefficient (Wildman–Crippen LogP) is 6.73. The highest BCUT2D eigenvalue weighted by atomic mass is 16.5. The second kappa shape index (κ2) is 15.6. The lowest BCUT2D eigenvalue weighted by Gasteiger charge is -2.30. The highest BCUT2D eigenvalue weighted by Gasteiger charge is 2.16. The number of fused-ring (bicyclic) bond motifs is 2. The molecule has 2 aromatic carbocycles. The van der Waals surface area contributed by atoms with Gasteiger partial charge in [0, 0.05) is 73.2 Å². The molecule has 0 aliphatic heterocycles. The van der Waals surface area contributed by atoms with Crippen LogP contribution in [0, 0.1) is 0 Å². The molecule has 4 aromatic rings. The van der Waals surface area contributed by atoms with Crippen molar-refractivity contribution < 1.29 is 19.1 Å². The first-order chi connectivity index (χ1) is 20.0. The largest absolute Gasteiger partial charge is 0.426 e. The van der Waals surface area contributed by atoms with E-state index in [1.807, 2.05) is 48.8 Å². The number of nitrogens with zero attached hydrogens (tertiary/aromatic N) is 2. The van der Waals surface area contributed by atoms with Gasteiger partial charge in [0.1, 0.15) is 11.5 Å². The van der Waals surface area contributed by atoms with Gasteiger partial charge in [-0.15, -0.1) is 0 Å². The summed E-state index contributed by atoms with van der Waals surface area (Å²) in [6.07, 6.45) is 5.91. The number of H-pyrrole nitrogens is 2. The summed E-state index contributed by atoms with van der Waals surface area (Å²) < 4.78 is 10.7. The van der Waals surface area contributed by atoms with Gasteiger partial charge in [-0.1, -0.05) is 26.0 Å². The monoisotopic (exact) mass is 576 g/mol. The molecule has 0 fully saturated rings. The zero-order chi connectivity index (χ0) is 30.8. The molecule has 0 aliphatic carbocycles. The van der Waals surface area contributed by atoms with E-state index in [2.05, 4.69) is 61.3 Å². The zero-order valence-electron chi connectivity index (χ0n) is 26.5. The fourth-order valence-corrected chi connectivity index (χ4v) is 5.49. The summed E-state index contributed by atoms with van der Waals surface area (Å²) in [5, 5.41) is 2.04. The van der Waals surface area contributed by atoms with E-state index in [-0.39, 0.29) is 11.9 Å². The van der Waals surface area contributed by atoms with Crippen LogP contribution in [0.2, 0.25) is 0 Å². The lowest BCUT2D eigenvalue weighted by molar-refractivity contribution is -0.132. The van der Waals surface area contributed by atoms with Crippen molar-refractivity contribution in [2.24, 2.45) is 0 Å². The average molecular weight is 577 g/mol. The lowest BCUT2D eigenvalue weighted by Crippen LogP contribution is -2.38. The number of likely N-dealkylation sites (N-methyl/N-ethyl adjacent to an activating group) is 1. The minimum absolute atomic E-state index is 0.284. The van der Waals surface area contributed by atoms with Gasteiger partial charge in [-0.3, -0.25) is 14.5 Å². The number of hydrogen-bond acceptors (Lipinski definition) is 6. The number of esters is 2. The molecule has 2 aromatic heterocycles. The quantitative estimate of drug-likeness (QED) is 0.144. The maximum absolute atomic E-state index is 11.3. The third kappa shape index (κ3) is 8.69. The fourth-order valence-electron chi connectivity index (χ4n) is 5.49. The summed E-state index contributed by atoms with van der Waals surface area (Å²) in [6.45, 7) is 20.2. The molecule has 0 unspecified atom stereocenters. The molecular weight excluding hydrogens is 528 g/mol. The first-order valence-corrected chi connectivity index (χ1v) is 15.1. The van der Waals surface area contributed by atoms with Gasteiger partial charge in [0.05, 0.1) is 0 Å². The van der Waals surface area contributed by atoms with Gasteiger partial charge >= 0.3 is 11.9 Å². The third-order valence-electron chi connectivity index (χ3n) is 7.56. The Hall–Kier alpha value is -3.62. The maximum Gasteiger partial charge on any atom is 0.308 e. The minimum atomic E-state index is -0.286. The van der Waals surface area contributed by atoms with E-state index in [1.54, 1.807) is 0 Å². The van der Waals surface area contributed by atoms with Crippen LogP contribution in [0.25, 0.3) is 21.8 Å². The maximum atomic E-state index is 11.3. The molecule has 0 spiro atoms. The average Bonchev–Trinajstić information content (AvgIpc) is 3.54. The van der Waals surface area contributed by atoms with Gasteiger partial charge in [-0.05, 0) is 89.0 Å². The molecule has 0 amide bonds. The van der Waals surface area contributed by atoms with E-state index in [1.165, 1.54) is 25.0 Å². The summed E-state index contributed by atoms with van der Waals surface area (Å²) in [4.78, 5) is 33.9. The molecule has 0 bridgehead atoms. The number of benzene rings is 2. The molecule has 0 saturated heterocycles. The van der Waals surface area contributed by atoms with Gasteiger partial charge in [-0.25, -0.2) is 0 Å². The Balaban J connectivity index is 0.000000231. The predicted molar refractivity (Wildman–Crippen MR) is 171 cm³/mol. The second-order valence-electron chi connectivity index (χ2n) is 11.1. The molecule has 2 N–H and O–H groups in total. The van der Waals surface area contributed by atoms with Crippen LogP contribution in [-0.4, -0.2) is 70.0 Å². The number of carbonyl (C=O) groups excluding carboxylic acids is 2. The van der Waals surface area contributed by atoms with Crippen LogP contribution in [0.3, 0.4) is 0 Å². The van der Waals surface area contributed by atoms with E-state index in [0.717, 1.165) is 60.8 Å². The van der Waals surface area contributed by atoms with Crippen molar-refractivity contribution in [2.45, 2.75) is 80.3 Å². The van der Waals surface area contributed by atoms with Crippen molar-refractivity contribution in [1.82, 2.24) is 19.8 Å². The minimum Gasteiger partial charge on any atom is -0.426 e. The Morgan fingerprint density at radius 2 is 1.14 bits per heavy atom. The number of carbonyl (C=O) groups is 2. The van der Waals surface area contributed by atoms with E-state index < -0.39 is 0 Å². The van der Waals surface area contributed by atoms with Crippen LogP contribution < -0.4 is 9.47 Å². The van der Waals surface area contributed by atoms with Crippen LogP contribution in [0.15, 0.2) is 48.8 Å². The van der Waals surface area contributed by atoms with Crippen molar-refractivity contribution in [2.75, 3.05) is 26.2 Å². The summed E-state index contributed by atoms with van der Waals surface area (Å²) in [7, 11) is 0. The Bertz CT molecular complexity index is 1440. The van der Waals surface area contributed by atoms with Crippen molar-refractivity contribution in [3.05, 3.63) is 59.9 Å². The summed E-state index contributed by atoms with van der Waals surface area (Å²) in [6, 6.07) is 12.5. The highest BCUT2D eigenvalue weighted by molar-refractivity contribution is 5.92. The Kier molecular flexibility index (Phi) is 12.2. The van der Waals surface area contributed by atoms with Crippen LogP contribution in [0.4, 0.5) is 0 Å². The first-order valence-electron chi connectivity index (χ1n) is 15.1. The van der Waals surface area contributed by atoms with Gasteiger partial charge in [0.15, 0.2) is 0 Å². The normalized spacial score (nSPS) is 11.5. The molecule has 2 heterocycles. The molecule has 0 radical (unpaired) electrons. The molecule has 8 heteroatoms. The summed E-state index contributed by atoms with van der Waals surface area (Å²) in [5.74, 6) is 0.715. The Morgan fingerprint density at radius 3 is 1.52 bits per heavy atom. The molecule has 0 atom stereocenters. The van der Waals surface area contributed by atoms with Crippen LogP contribution in [0.5, 0.6) is 11.5 Å². The standard InChI is InChI=1S/C18H26N2O2.C16H22N2O2/c1-12(2)20(13(3)4)10-9-15-11-19-16-7-6-8-17(18(15)16)22-14(5)21;1-4-18(5-2)10-9-13-11-17-14-7-6-8-15(16(13)14)20-12(3)19/h6-8,11-13,19H,9-10H2,1-5H3;6-8,11,17H,4-5,9-10H2,1-3H3. The van der Waals surface area contributed by atoms with Crippen LogP contribution in [0.1, 0.15) is 66.5 Å². The fraction of sp³-hybridized carbons (Fsp3) is 0.471. The smallest absolute Gasteiger partial charge is 0.308 e. The number of rotatable bonds is 12. The van der Waals surface area contributed by atoms with Crippen LogP contribution in [-0.2, 0) is 22.4 Å². The third-order valence-corrected chi connectivity index (χ3v) is 7.56. The number of aromatic nitrogens is 2. The van der Waals surface area contributed by atoms with Gasteiger partial charge in [-0.2, -0.15) is 0 Å². The van der Waals surface area contributed by atoms with Crippen molar-refractivity contribution >= 4 is 33.7 Å². The van der Waals surface area contributed by atoms with Crippen LogP contribution >= 0.6 is 0 Å². The molecule has 0 saturated carbocycles. The van der Waals surface area contributed by atoms with E-state index in [0.29, 0.717) is 23.6 Å². The number of ether oxygens (including phenoxy) is 2. The Labute approximate surface area is 250 Å². The lowest BCUT2D eigenvalue weighted by atomic mass is 10.1. The van der Waals surface area contributed by atoms with Gasteiger partial charge in [0.25, 0.3) is 0 Å². The molecular formula is C34H48N4O4. The van der Waals surface area contributed by atoms with Crippen molar-refractivity contribution in [1.29, 1.82) is 0 Å². The number of nitrogens with one attached hydrogen (secondary N) is 2. The summed E-state index contributed by atoms with van der Waals surface area (Å²) in [5.41, 5.74) is 4.41. The Morgan fingerprint density at radius 1 is 0.714 bits per heavy atom. The molecule has 8 nitrogen and oxygen atoms in total. The highest BCUT2D eigenvalue weighted by Crippen LogP contribution is 2.30. The number of hydrogen-bond donors (Lipinski definition) is 2. The van der Waals surface area contributed by atoms with Crippen molar-refractivity contribution in [3.63, 3.8) is 0 Å². The van der Waals surface area contributed by atoms with Gasteiger partial charge < -0.3 is 24.3 Å². The zero-order valence-corrected chi connectivity index (χ0v) is 26.5. The van der Waals surface area contributed by atoms with E-state index in [4.69, 9.17) is 9.47 Å². The molecule has 228 valence electrons. The second-order valence-corrected chi connectivity index (χ2v) is 11.1. The van der Waals surface area contributed by atoms with Gasteiger partial charge in [0.2, 0.25) is 0 Å². The van der Waals surface area contributed by atoms with E-state index >= 15 is 0 Å². The molecule has 42 heavy (non-hydrogen) atoms. The molecule has 0 aliphatic rings. The topological polar surface area (TPSA) is 90.7 Å². The molecule has 4 rings (SSSR count).